The molecule has 0 bridgehead atoms. The normalized spacial score (nSPS) is 11.0. The lowest BCUT2D eigenvalue weighted by atomic mass is 10.2. The second-order valence-corrected chi connectivity index (χ2v) is 3.23. The molecule has 0 radical (unpaired) electrons. The number of oxime groups is 1. The van der Waals surface area contributed by atoms with Crippen LogP contribution >= 0.6 is 11.6 Å². The van der Waals surface area contributed by atoms with E-state index in [0.29, 0.717) is 5.56 Å². The number of hydrogen-bond donors (Lipinski definition) is 1. The van der Waals surface area contributed by atoms with E-state index in [9.17, 15) is 4.79 Å². The van der Waals surface area contributed by atoms with Crippen molar-refractivity contribution in [1.29, 1.82) is 0 Å². The monoisotopic (exact) mass is 226 g/mol. The number of halogens is 1. The van der Waals surface area contributed by atoms with E-state index < -0.39 is 6.09 Å². The molecule has 0 aliphatic heterocycles. The van der Waals surface area contributed by atoms with Crippen molar-refractivity contribution in [3.05, 3.63) is 35.4 Å². The van der Waals surface area contributed by atoms with Crippen molar-refractivity contribution in [3.8, 4) is 0 Å². The fourth-order valence-electron chi connectivity index (χ4n) is 0.871. The third-order valence-electron chi connectivity index (χ3n) is 1.70. The number of nitrogens with zero attached hydrogens (tertiary/aromatic N) is 1. The van der Waals surface area contributed by atoms with Crippen molar-refractivity contribution < 1.29 is 9.63 Å². The Labute approximate surface area is 92.9 Å². The summed E-state index contributed by atoms with van der Waals surface area (Å²) in [4.78, 5) is 15.1. The molecule has 0 saturated carbocycles. The minimum absolute atomic E-state index is 0.138. The number of carbonyl (C=O) groups excluding carboxylic acids is 1. The molecule has 0 atom stereocenters. The number of amides is 1. The molecule has 1 aromatic rings. The number of aryl methyl sites for hydroxylation is 1. The number of nitrogens with one attached hydrogen (secondary N) is 1. The van der Waals surface area contributed by atoms with Crippen LogP contribution in [0.25, 0.3) is 0 Å². The van der Waals surface area contributed by atoms with E-state index >= 15 is 0 Å². The fourth-order valence-corrected chi connectivity index (χ4v) is 1.03. The van der Waals surface area contributed by atoms with Gasteiger partial charge < -0.3 is 5.32 Å². The van der Waals surface area contributed by atoms with Crippen LogP contribution in [-0.2, 0) is 4.84 Å². The zero-order chi connectivity index (χ0) is 11.3. The first kappa shape index (κ1) is 11.5. The van der Waals surface area contributed by atoms with E-state index in [1.807, 2.05) is 19.1 Å². The first-order valence-electron chi connectivity index (χ1n) is 4.32. The quantitative estimate of drug-likeness (QED) is 0.478. The van der Waals surface area contributed by atoms with Crippen LogP contribution in [0.5, 0.6) is 0 Å². The number of hydrogen-bond acceptors (Lipinski definition) is 3. The average Bonchev–Trinajstić information content (AvgIpc) is 2.26. The van der Waals surface area contributed by atoms with Gasteiger partial charge in [-0.05, 0) is 6.92 Å². The molecule has 0 saturated heterocycles. The standard InChI is InChI=1S/C10H11ClN2O2/c1-7-3-5-8(6-4-7)9(11)13-15-10(14)12-2/h3-6H,1-2H3,(H,12,14)/b13-9-. The molecule has 0 heterocycles. The van der Waals surface area contributed by atoms with E-state index in [1.54, 1.807) is 12.1 Å². The van der Waals surface area contributed by atoms with Gasteiger partial charge in [-0.1, -0.05) is 46.6 Å². The Bertz CT molecular complexity index is 374. The molecule has 1 rings (SSSR count). The Kier molecular flexibility index (Phi) is 4.12. The Morgan fingerprint density at radius 3 is 2.53 bits per heavy atom. The number of benzene rings is 1. The molecule has 1 aromatic carbocycles. The van der Waals surface area contributed by atoms with Crippen LogP contribution in [0.15, 0.2) is 29.4 Å². The SMILES string of the molecule is CNC(=O)O/N=C(\Cl)c1ccc(C)cc1. The predicted molar refractivity (Wildman–Crippen MR) is 59.1 cm³/mol. The molecule has 0 unspecified atom stereocenters. The topological polar surface area (TPSA) is 50.7 Å². The second kappa shape index (κ2) is 5.36. The van der Waals surface area contributed by atoms with Crippen LogP contribution < -0.4 is 5.32 Å². The summed E-state index contributed by atoms with van der Waals surface area (Å²) >= 11 is 5.80. The molecule has 1 N–H and O–H groups in total. The summed E-state index contributed by atoms with van der Waals surface area (Å²) in [7, 11) is 1.44. The zero-order valence-electron chi connectivity index (χ0n) is 8.45. The molecule has 15 heavy (non-hydrogen) atoms. The summed E-state index contributed by atoms with van der Waals surface area (Å²) in [6, 6.07) is 7.39. The van der Waals surface area contributed by atoms with Gasteiger partial charge in [0.15, 0.2) is 5.17 Å². The summed E-state index contributed by atoms with van der Waals surface area (Å²) in [5.74, 6) is 0. The zero-order valence-corrected chi connectivity index (χ0v) is 9.21. The average molecular weight is 227 g/mol. The van der Waals surface area contributed by atoms with Gasteiger partial charge in [0.1, 0.15) is 0 Å². The Morgan fingerprint density at radius 1 is 1.40 bits per heavy atom. The summed E-state index contributed by atoms with van der Waals surface area (Å²) in [6.07, 6.45) is -0.653. The second-order valence-electron chi connectivity index (χ2n) is 2.88. The summed E-state index contributed by atoms with van der Waals surface area (Å²) in [6.45, 7) is 1.97. The van der Waals surface area contributed by atoms with E-state index in [4.69, 9.17) is 11.6 Å². The smallest absolute Gasteiger partial charge is 0.323 e. The van der Waals surface area contributed by atoms with Crippen molar-refractivity contribution in [2.75, 3.05) is 7.05 Å². The van der Waals surface area contributed by atoms with Gasteiger partial charge in [0, 0.05) is 12.6 Å². The highest BCUT2D eigenvalue weighted by molar-refractivity contribution is 6.69. The van der Waals surface area contributed by atoms with Gasteiger partial charge in [-0.3, -0.25) is 4.84 Å². The lowest BCUT2D eigenvalue weighted by molar-refractivity contribution is 0.153. The molecule has 1 amide bonds. The number of rotatable bonds is 2. The fraction of sp³-hybridized carbons (Fsp3) is 0.200. The van der Waals surface area contributed by atoms with Crippen molar-refractivity contribution in [2.24, 2.45) is 5.16 Å². The minimum Gasteiger partial charge on any atom is -0.323 e. The van der Waals surface area contributed by atoms with Gasteiger partial charge in [0.25, 0.3) is 0 Å². The van der Waals surface area contributed by atoms with Gasteiger partial charge in [0.2, 0.25) is 0 Å². The van der Waals surface area contributed by atoms with Gasteiger partial charge in [-0.15, -0.1) is 0 Å². The molecule has 0 aliphatic carbocycles. The predicted octanol–water partition coefficient (Wildman–Crippen LogP) is 2.25. The highest BCUT2D eigenvalue weighted by Crippen LogP contribution is 2.07. The van der Waals surface area contributed by atoms with Crippen molar-refractivity contribution in [1.82, 2.24) is 5.32 Å². The molecule has 4 nitrogen and oxygen atoms in total. The van der Waals surface area contributed by atoms with Crippen LogP contribution in [0, 0.1) is 6.92 Å². The Hall–Kier alpha value is -1.55. The molecule has 0 aromatic heterocycles. The number of carbonyl (C=O) groups is 1. The van der Waals surface area contributed by atoms with Crippen LogP contribution in [-0.4, -0.2) is 18.3 Å². The first-order chi connectivity index (χ1) is 7.13. The molecule has 0 aliphatic rings. The molecule has 0 spiro atoms. The highest BCUT2D eigenvalue weighted by Gasteiger charge is 2.02. The van der Waals surface area contributed by atoms with Crippen molar-refractivity contribution in [2.45, 2.75) is 6.92 Å². The maximum absolute atomic E-state index is 10.7. The van der Waals surface area contributed by atoms with Crippen molar-refractivity contribution in [3.63, 3.8) is 0 Å². The maximum Gasteiger partial charge on any atom is 0.433 e. The van der Waals surface area contributed by atoms with Crippen molar-refractivity contribution >= 4 is 22.9 Å². The summed E-state index contributed by atoms with van der Waals surface area (Å²) in [5.41, 5.74) is 1.82. The van der Waals surface area contributed by atoms with E-state index in [2.05, 4.69) is 15.3 Å². The van der Waals surface area contributed by atoms with Crippen LogP contribution in [0.3, 0.4) is 0 Å². The van der Waals surface area contributed by atoms with E-state index in [-0.39, 0.29) is 5.17 Å². The van der Waals surface area contributed by atoms with Gasteiger partial charge >= 0.3 is 6.09 Å². The van der Waals surface area contributed by atoms with Gasteiger partial charge in [-0.2, -0.15) is 0 Å². The third-order valence-corrected chi connectivity index (χ3v) is 1.99. The summed E-state index contributed by atoms with van der Waals surface area (Å²) in [5, 5.41) is 5.86. The third kappa shape index (κ3) is 3.59. The molecular formula is C10H11ClN2O2. The van der Waals surface area contributed by atoms with Gasteiger partial charge in [0.05, 0.1) is 0 Å². The Balaban J connectivity index is 2.71. The molecular weight excluding hydrogens is 216 g/mol. The molecule has 5 heteroatoms. The van der Waals surface area contributed by atoms with E-state index in [1.165, 1.54) is 7.05 Å². The largest absolute Gasteiger partial charge is 0.433 e. The Morgan fingerprint density at radius 2 is 2.00 bits per heavy atom. The minimum atomic E-state index is -0.653. The highest BCUT2D eigenvalue weighted by atomic mass is 35.5. The molecule has 80 valence electrons. The van der Waals surface area contributed by atoms with Gasteiger partial charge in [-0.25, -0.2) is 4.79 Å². The van der Waals surface area contributed by atoms with Crippen LogP contribution in [0.4, 0.5) is 4.79 Å². The maximum atomic E-state index is 10.7. The lowest BCUT2D eigenvalue weighted by Gasteiger charge is -1.99. The summed E-state index contributed by atoms with van der Waals surface area (Å²) < 4.78 is 0. The van der Waals surface area contributed by atoms with Crippen LogP contribution in [0.1, 0.15) is 11.1 Å². The van der Waals surface area contributed by atoms with E-state index in [0.717, 1.165) is 5.56 Å². The van der Waals surface area contributed by atoms with Crippen LogP contribution in [0.2, 0.25) is 0 Å². The molecule has 0 fully saturated rings. The first-order valence-corrected chi connectivity index (χ1v) is 4.70. The lowest BCUT2D eigenvalue weighted by Crippen LogP contribution is -2.17.